The number of hydrogen-bond acceptors (Lipinski definition) is 3. The first-order valence-corrected chi connectivity index (χ1v) is 8.25. The first kappa shape index (κ1) is 18.2. The van der Waals surface area contributed by atoms with Crippen LogP contribution in [0.5, 0.6) is 0 Å². The molecule has 1 aromatic carbocycles. The van der Waals surface area contributed by atoms with Crippen LogP contribution in [0.1, 0.15) is 25.5 Å². The minimum absolute atomic E-state index is 0.00345. The number of carbonyl (C=O) groups is 1. The van der Waals surface area contributed by atoms with Gasteiger partial charge in [-0.05, 0) is 50.1 Å². The Balaban J connectivity index is 1.63. The fourth-order valence-electron chi connectivity index (χ4n) is 2.87. The normalized spacial score (nSPS) is 18.5. The predicted molar refractivity (Wildman–Crippen MR) is 89.2 cm³/mol. The zero-order chi connectivity index (χ0) is 18.7. The lowest BCUT2D eigenvalue weighted by molar-refractivity contribution is -0.142. The van der Waals surface area contributed by atoms with E-state index in [1.54, 1.807) is 0 Å². The van der Waals surface area contributed by atoms with Crippen molar-refractivity contribution in [2.45, 2.75) is 38.1 Å². The molecule has 0 bridgehead atoms. The molecule has 6 nitrogen and oxygen atoms in total. The molecule has 2 atom stereocenters. The molecule has 1 aliphatic rings. The number of urea groups is 1. The van der Waals surface area contributed by atoms with Gasteiger partial charge in [-0.1, -0.05) is 0 Å². The van der Waals surface area contributed by atoms with Gasteiger partial charge in [-0.3, -0.25) is 0 Å². The van der Waals surface area contributed by atoms with Gasteiger partial charge >= 0.3 is 12.2 Å². The highest BCUT2D eigenvalue weighted by molar-refractivity contribution is 5.89. The van der Waals surface area contributed by atoms with E-state index in [9.17, 15) is 18.0 Å². The van der Waals surface area contributed by atoms with Gasteiger partial charge in [-0.25, -0.2) is 9.48 Å². The molecule has 1 saturated heterocycles. The Morgan fingerprint density at radius 3 is 2.65 bits per heavy atom. The largest absolute Gasteiger partial charge is 0.433 e. The summed E-state index contributed by atoms with van der Waals surface area (Å²) in [7, 11) is 0. The summed E-state index contributed by atoms with van der Waals surface area (Å²) in [5.41, 5.74) is -0.145. The van der Waals surface area contributed by atoms with E-state index in [4.69, 9.17) is 4.74 Å². The molecule has 9 heteroatoms. The van der Waals surface area contributed by atoms with Crippen LogP contribution in [0.2, 0.25) is 0 Å². The van der Waals surface area contributed by atoms with Gasteiger partial charge < -0.3 is 15.4 Å². The Labute approximate surface area is 148 Å². The van der Waals surface area contributed by atoms with E-state index >= 15 is 0 Å². The Hall–Kier alpha value is -2.55. The number of ether oxygens (including phenoxy) is 1. The highest BCUT2D eigenvalue weighted by Gasteiger charge is 2.35. The van der Waals surface area contributed by atoms with Gasteiger partial charge in [0.2, 0.25) is 0 Å². The molecule has 0 radical (unpaired) electrons. The van der Waals surface area contributed by atoms with Crippen LogP contribution in [-0.2, 0) is 10.9 Å². The fraction of sp³-hybridized carbons (Fsp3) is 0.412. The van der Waals surface area contributed by atoms with Gasteiger partial charge in [0, 0.05) is 12.3 Å². The molecule has 1 fully saturated rings. The number of rotatable bonds is 4. The molecular formula is C17H19F3N4O2. The standard InChI is InChI=1S/C17H19F3N4O2/c1-11(14-3-2-10-26-14)22-16(25)23-12-4-6-13(7-5-12)24-15(8-9-21-24)17(18,19)20/h4-9,11,14H,2-3,10H2,1H3,(H2,22,23,25). The maximum absolute atomic E-state index is 12.9. The Morgan fingerprint density at radius 2 is 2.04 bits per heavy atom. The second-order valence-electron chi connectivity index (χ2n) is 6.11. The van der Waals surface area contributed by atoms with Crippen LogP contribution in [0.25, 0.3) is 5.69 Å². The number of carbonyl (C=O) groups excluding carboxylic acids is 1. The third-order valence-corrected chi connectivity index (χ3v) is 4.18. The number of nitrogens with one attached hydrogen (secondary N) is 2. The molecule has 2 unspecified atom stereocenters. The number of aromatic nitrogens is 2. The summed E-state index contributed by atoms with van der Waals surface area (Å²) >= 11 is 0. The molecule has 0 aliphatic carbocycles. The number of benzene rings is 1. The molecule has 0 saturated carbocycles. The molecule has 2 N–H and O–H groups in total. The van der Waals surface area contributed by atoms with Crippen molar-refractivity contribution in [2.24, 2.45) is 0 Å². The number of amides is 2. The molecule has 1 aliphatic heterocycles. The van der Waals surface area contributed by atoms with E-state index in [1.165, 1.54) is 24.3 Å². The van der Waals surface area contributed by atoms with Crippen molar-refractivity contribution in [1.82, 2.24) is 15.1 Å². The van der Waals surface area contributed by atoms with Crippen molar-refractivity contribution in [1.29, 1.82) is 0 Å². The Bertz CT molecular complexity index is 752. The first-order valence-electron chi connectivity index (χ1n) is 8.25. The average Bonchev–Trinajstić information content (AvgIpc) is 3.27. The second kappa shape index (κ2) is 7.36. The van der Waals surface area contributed by atoms with Crippen LogP contribution in [0.15, 0.2) is 36.5 Å². The predicted octanol–water partition coefficient (Wildman–Crippen LogP) is 3.58. The fourth-order valence-corrected chi connectivity index (χ4v) is 2.87. The van der Waals surface area contributed by atoms with Crippen molar-refractivity contribution in [3.63, 3.8) is 0 Å². The van der Waals surface area contributed by atoms with E-state index in [2.05, 4.69) is 15.7 Å². The maximum Gasteiger partial charge on any atom is 0.433 e. The van der Waals surface area contributed by atoms with E-state index in [1.807, 2.05) is 6.92 Å². The zero-order valence-electron chi connectivity index (χ0n) is 14.1. The number of hydrogen-bond donors (Lipinski definition) is 2. The summed E-state index contributed by atoms with van der Waals surface area (Å²) in [5.74, 6) is 0. The second-order valence-corrected chi connectivity index (χ2v) is 6.11. The summed E-state index contributed by atoms with van der Waals surface area (Å²) in [6, 6.07) is 6.35. The molecule has 1 aromatic heterocycles. The smallest absolute Gasteiger partial charge is 0.376 e. The van der Waals surface area contributed by atoms with Crippen LogP contribution < -0.4 is 10.6 Å². The van der Waals surface area contributed by atoms with Gasteiger partial charge in [0.05, 0.1) is 24.0 Å². The maximum atomic E-state index is 12.9. The van der Waals surface area contributed by atoms with E-state index in [-0.39, 0.29) is 17.8 Å². The van der Waals surface area contributed by atoms with Crippen LogP contribution in [-0.4, -0.2) is 34.6 Å². The average molecular weight is 368 g/mol. The van der Waals surface area contributed by atoms with Gasteiger partial charge in [-0.2, -0.15) is 18.3 Å². The number of nitrogens with zero attached hydrogens (tertiary/aromatic N) is 2. The van der Waals surface area contributed by atoms with Crippen LogP contribution in [0, 0.1) is 0 Å². The molecule has 140 valence electrons. The summed E-state index contributed by atoms with van der Waals surface area (Å²) in [6.07, 6.45) is -1.52. The summed E-state index contributed by atoms with van der Waals surface area (Å²) in [6.45, 7) is 2.57. The minimum Gasteiger partial charge on any atom is -0.376 e. The Morgan fingerprint density at radius 1 is 1.31 bits per heavy atom. The van der Waals surface area contributed by atoms with Gasteiger partial charge in [0.1, 0.15) is 5.69 Å². The number of alkyl halides is 3. The minimum atomic E-state index is -4.49. The first-order chi connectivity index (χ1) is 12.3. The highest BCUT2D eigenvalue weighted by Crippen LogP contribution is 2.30. The molecule has 2 aromatic rings. The van der Waals surface area contributed by atoms with E-state index in [0.717, 1.165) is 29.8 Å². The zero-order valence-corrected chi connectivity index (χ0v) is 14.1. The molecular weight excluding hydrogens is 349 g/mol. The van der Waals surface area contributed by atoms with Crippen molar-refractivity contribution in [3.8, 4) is 5.69 Å². The van der Waals surface area contributed by atoms with Crippen molar-refractivity contribution in [2.75, 3.05) is 11.9 Å². The lowest BCUT2D eigenvalue weighted by Crippen LogP contribution is -2.42. The Kier molecular flexibility index (Phi) is 5.17. The van der Waals surface area contributed by atoms with Crippen molar-refractivity contribution in [3.05, 3.63) is 42.2 Å². The van der Waals surface area contributed by atoms with Crippen LogP contribution in [0.4, 0.5) is 23.7 Å². The lowest BCUT2D eigenvalue weighted by Gasteiger charge is -2.20. The van der Waals surface area contributed by atoms with Crippen LogP contribution >= 0.6 is 0 Å². The SMILES string of the molecule is CC(NC(=O)Nc1ccc(-n2nccc2C(F)(F)F)cc1)C1CCCO1. The molecule has 3 rings (SSSR count). The number of halogens is 3. The summed E-state index contributed by atoms with van der Waals surface area (Å²) in [4.78, 5) is 12.0. The third kappa shape index (κ3) is 4.16. The topological polar surface area (TPSA) is 68.2 Å². The summed E-state index contributed by atoms with van der Waals surface area (Å²) in [5, 5.41) is 9.17. The van der Waals surface area contributed by atoms with Crippen LogP contribution in [0.3, 0.4) is 0 Å². The quantitative estimate of drug-likeness (QED) is 0.867. The van der Waals surface area contributed by atoms with Gasteiger partial charge in [0.25, 0.3) is 0 Å². The molecule has 0 spiro atoms. The third-order valence-electron chi connectivity index (χ3n) is 4.18. The van der Waals surface area contributed by atoms with E-state index < -0.39 is 17.9 Å². The monoisotopic (exact) mass is 368 g/mol. The summed E-state index contributed by atoms with van der Waals surface area (Å²) < 4.78 is 45.1. The van der Waals surface area contributed by atoms with Crippen molar-refractivity contribution >= 4 is 11.7 Å². The van der Waals surface area contributed by atoms with Crippen molar-refractivity contribution < 1.29 is 22.7 Å². The molecule has 2 heterocycles. The molecule has 2 amide bonds. The van der Waals surface area contributed by atoms with Gasteiger partial charge in [-0.15, -0.1) is 0 Å². The molecule has 26 heavy (non-hydrogen) atoms. The highest BCUT2D eigenvalue weighted by atomic mass is 19.4. The lowest BCUT2D eigenvalue weighted by atomic mass is 10.1. The van der Waals surface area contributed by atoms with Gasteiger partial charge in [0.15, 0.2) is 0 Å². The van der Waals surface area contributed by atoms with E-state index in [0.29, 0.717) is 12.3 Å². The number of anilines is 1.